The molecule has 2 N–H and O–H groups in total. The molecule has 1 fully saturated rings. The number of aromatic nitrogens is 1. The van der Waals surface area contributed by atoms with Crippen LogP contribution >= 0.6 is 0 Å². The molecule has 1 aliphatic heterocycles. The highest BCUT2D eigenvalue weighted by Crippen LogP contribution is 2.18. The smallest absolute Gasteiger partial charge is 0.324 e. The average molecular weight is 426 g/mol. The van der Waals surface area contributed by atoms with Gasteiger partial charge in [-0.3, -0.25) is 10.2 Å². The maximum Gasteiger partial charge on any atom is 0.324 e. The third kappa shape index (κ3) is 5.50. The second-order valence-electron chi connectivity index (χ2n) is 6.78. The lowest BCUT2D eigenvalue weighted by Gasteiger charge is -2.35. The Balaban J connectivity index is 1.58. The van der Waals surface area contributed by atoms with E-state index < -0.39 is 22.1 Å². The van der Waals surface area contributed by atoms with E-state index in [1.807, 2.05) is 4.90 Å². The van der Waals surface area contributed by atoms with Crippen LogP contribution in [0, 0.1) is 5.82 Å². The first-order valence-electron chi connectivity index (χ1n) is 8.92. The van der Waals surface area contributed by atoms with Crippen LogP contribution in [0.3, 0.4) is 0 Å². The minimum absolute atomic E-state index is 0.240. The number of nitrogens with zero attached hydrogens (tertiary/aromatic N) is 4. The third-order valence-corrected chi connectivity index (χ3v) is 6.36. The number of halogens is 1. The van der Waals surface area contributed by atoms with E-state index in [-0.39, 0.29) is 5.82 Å². The average Bonchev–Trinajstić information content (AvgIpc) is 3.14. The third-order valence-electron chi connectivity index (χ3n) is 4.42. The molecule has 12 heteroatoms. The van der Waals surface area contributed by atoms with Crippen molar-refractivity contribution in [2.45, 2.75) is 6.54 Å². The van der Waals surface area contributed by atoms with Crippen molar-refractivity contribution in [3.8, 4) is 0 Å². The number of hydrogen-bond acceptors (Lipinski definition) is 6. The number of rotatable bonds is 6. The second-order valence-corrected chi connectivity index (χ2v) is 8.92. The van der Waals surface area contributed by atoms with E-state index in [1.54, 1.807) is 6.07 Å². The first-order valence-corrected chi connectivity index (χ1v) is 10.3. The van der Waals surface area contributed by atoms with Gasteiger partial charge in [-0.05, 0) is 23.8 Å². The van der Waals surface area contributed by atoms with Crippen LogP contribution in [-0.2, 0) is 16.8 Å². The number of hydrogen-bond donors (Lipinski definition) is 2. The fourth-order valence-corrected chi connectivity index (χ4v) is 4.06. The number of piperazine rings is 1. The predicted octanol–water partition coefficient (Wildman–Crippen LogP) is 1.38. The second kappa shape index (κ2) is 8.86. The van der Waals surface area contributed by atoms with Crippen LogP contribution in [0.5, 0.6) is 0 Å². The van der Waals surface area contributed by atoms with Crippen molar-refractivity contribution in [1.29, 1.82) is 0 Å². The summed E-state index contributed by atoms with van der Waals surface area (Å²) in [6.45, 7) is 2.22. The summed E-state index contributed by atoms with van der Waals surface area (Å²) in [5.74, 6) is -0.238. The quantitative estimate of drug-likeness (QED) is 0.722. The molecule has 3 rings (SSSR count). The normalized spacial score (nSPS) is 16.1. The van der Waals surface area contributed by atoms with Gasteiger partial charge in [-0.2, -0.15) is 17.0 Å². The Morgan fingerprint density at radius 2 is 1.93 bits per heavy atom. The Morgan fingerprint density at radius 3 is 2.55 bits per heavy atom. The standard InChI is InChI=1S/C17H23FN6O4S/c1-22(2)29(26,27)24-6-4-23(5-7-24)12-13-9-14(18)11-15(10-13)19-17(25)20-16-3-8-28-21-16/h3,8-11H,4-7,12H2,1-2H3,(H2,19,20,21,25). The molecule has 2 aromatic rings. The van der Waals surface area contributed by atoms with Gasteiger partial charge in [-0.15, -0.1) is 0 Å². The highest BCUT2D eigenvalue weighted by atomic mass is 32.2. The van der Waals surface area contributed by atoms with E-state index in [0.717, 1.165) is 0 Å². The summed E-state index contributed by atoms with van der Waals surface area (Å²) in [6.07, 6.45) is 1.32. The molecule has 0 aliphatic carbocycles. The minimum atomic E-state index is -3.43. The Kier molecular flexibility index (Phi) is 6.47. The Labute approximate surface area is 168 Å². The minimum Gasteiger partial charge on any atom is -0.363 e. The topological polar surface area (TPSA) is 111 Å². The van der Waals surface area contributed by atoms with Gasteiger partial charge in [0.1, 0.15) is 12.1 Å². The van der Waals surface area contributed by atoms with Crippen molar-refractivity contribution in [2.24, 2.45) is 0 Å². The molecule has 29 heavy (non-hydrogen) atoms. The van der Waals surface area contributed by atoms with Crippen LogP contribution < -0.4 is 10.6 Å². The van der Waals surface area contributed by atoms with Crippen LogP contribution in [0.1, 0.15) is 5.56 Å². The van der Waals surface area contributed by atoms with E-state index in [0.29, 0.717) is 44.0 Å². The van der Waals surface area contributed by atoms with Gasteiger partial charge in [-0.25, -0.2) is 9.18 Å². The summed E-state index contributed by atoms with van der Waals surface area (Å²) in [4.78, 5) is 14.0. The van der Waals surface area contributed by atoms with Gasteiger partial charge in [0.05, 0.1) is 0 Å². The van der Waals surface area contributed by atoms with Crippen molar-refractivity contribution in [2.75, 3.05) is 50.9 Å². The first-order chi connectivity index (χ1) is 13.7. The summed E-state index contributed by atoms with van der Waals surface area (Å²) in [7, 11) is -0.428. The summed E-state index contributed by atoms with van der Waals surface area (Å²) in [6, 6.07) is 5.19. The lowest BCUT2D eigenvalue weighted by molar-refractivity contribution is 0.177. The Morgan fingerprint density at radius 1 is 1.21 bits per heavy atom. The van der Waals surface area contributed by atoms with E-state index >= 15 is 0 Å². The molecule has 10 nitrogen and oxygen atoms in total. The highest BCUT2D eigenvalue weighted by molar-refractivity contribution is 7.86. The summed E-state index contributed by atoms with van der Waals surface area (Å²) in [5, 5.41) is 8.59. The van der Waals surface area contributed by atoms with Gasteiger partial charge >= 0.3 is 6.03 Å². The molecule has 1 aromatic heterocycles. The van der Waals surface area contributed by atoms with Gasteiger partial charge in [0.25, 0.3) is 10.2 Å². The van der Waals surface area contributed by atoms with Crippen molar-refractivity contribution in [3.05, 3.63) is 41.9 Å². The monoisotopic (exact) mass is 426 g/mol. The summed E-state index contributed by atoms with van der Waals surface area (Å²) >= 11 is 0. The molecule has 2 heterocycles. The summed E-state index contributed by atoms with van der Waals surface area (Å²) < 4.78 is 45.6. The van der Waals surface area contributed by atoms with Crippen molar-refractivity contribution < 1.29 is 22.1 Å². The van der Waals surface area contributed by atoms with Gasteiger partial charge in [-0.1, -0.05) is 5.16 Å². The van der Waals surface area contributed by atoms with Crippen LogP contribution in [0.4, 0.5) is 20.7 Å². The zero-order valence-corrected chi connectivity index (χ0v) is 16.9. The SMILES string of the molecule is CN(C)S(=O)(=O)N1CCN(Cc2cc(F)cc(NC(=O)Nc3ccon3)c2)CC1. The lowest BCUT2D eigenvalue weighted by atomic mass is 10.1. The lowest BCUT2D eigenvalue weighted by Crippen LogP contribution is -2.51. The molecule has 0 saturated carbocycles. The molecule has 0 atom stereocenters. The van der Waals surface area contributed by atoms with Gasteiger partial charge in [0, 0.05) is 58.6 Å². The van der Waals surface area contributed by atoms with Crippen molar-refractivity contribution >= 4 is 27.7 Å². The molecular weight excluding hydrogens is 403 g/mol. The molecule has 158 valence electrons. The molecule has 0 unspecified atom stereocenters. The van der Waals surface area contributed by atoms with E-state index in [4.69, 9.17) is 0 Å². The molecule has 2 amide bonds. The maximum atomic E-state index is 14.0. The zero-order chi connectivity index (χ0) is 21.0. The maximum absolute atomic E-state index is 14.0. The van der Waals surface area contributed by atoms with Gasteiger partial charge < -0.3 is 9.84 Å². The van der Waals surface area contributed by atoms with Crippen LogP contribution in [0.2, 0.25) is 0 Å². The molecule has 0 bridgehead atoms. The number of carbonyl (C=O) groups is 1. The molecule has 1 aliphatic rings. The Bertz CT molecular complexity index is 943. The van der Waals surface area contributed by atoms with Crippen LogP contribution in [0.25, 0.3) is 0 Å². The Hall–Kier alpha value is -2.54. The van der Waals surface area contributed by atoms with Crippen molar-refractivity contribution in [1.82, 2.24) is 18.7 Å². The molecule has 0 radical (unpaired) electrons. The molecular formula is C17H23FN6O4S. The highest BCUT2D eigenvalue weighted by Gasteiger charge is 2.28. The predicted molar refractivity (Wildman–Crippen MR) is 105 cm³/mol. The number of amides is 2. The van der Waals surface area contributed by atoms with E-state index in [1.165, 1.54) is 47.2 Å². The fourth-order valence-electron chi connectivity index (χ4n) is 2.98. The van der Waals surface area contributed by atoms with Crippen LogP contribution in [0.15, 0.2) is 35.1 Å². The molecule has 0 spiro atoms. The number of nitrogens with one attached hydrogen (secondary N) is 2. The molecule has 1 aromatic carbocycles. The van der Waals surface area contributed by atoms with Crippen molar-refractivity contribution in [3.63, 3.8) is 0 Å². The first kappa shape index (κ1) is 21.2. The number of carbonyl (C=O) groups excluding carboxylic acids is 1. The van der Waals surface area contributed by atoms with E-state index in [9.17, 15) is 17.6 Å². The van der Waals surface area contributed by atoms with Crippen LogP contribution in [-0.4, -0.2) is 73.4 Å². The number of anilines is 2. The largest absolute Gasteiger partial charge is 0.363 e. The van der Waals surface area contributed by atoms with Gasteiger partial charge in [0.15, 0.2) is 5.82 Å². The zero-order valence-electron chi connectivity index (χ0n) is 16.1. The molecule has 1 saturated heterocycles. The van der Waals surface area contributed by atoms with Gasteiger partial charge in [0.2, 0.25) is 0 Å². The number of benzene rings is 1. The van der Waals surface area contributed by atoms with E-state index in [2.05, 4.69) is 20.3 Å². The fraction of sp³-hybridized carbons (Fsp3) is 0.412. The summed E-state index contributed by atoms with van der Waals surface area (Å²) in [5.41, 5.74) is 0.973. The number of urea groups is 1.